The number of nitrogens with zero attached hydrogens (tertiary/aromatic N) is 3. The lowest BCUT2D eigenvalue weighted by Crippen LogP contribution is -2.22. The molecule has 0 bridgehead atoms. The van der Waals surface area contributed by atoms with Crippen LogP contribution in [-0.4, -0.2) is 21.1 Å². The fourth-order valence-corrected chi connectivity index (χ4v) is 2.92. The van der Waals surface area contributed by atoms with Gasteiger partial charge in [0.05, 0.1) is 17.7 Å². The summed E-state index contributed by atoms with van der Waals surface area (Å²) < 4.78 is 5.58. The molecule has 124 valence electrons. The first kappa shape index (κ1) is 16.3. The first-order chi connectivity index (χ1) is 11.5. The Hall–Kier alpha value is -2.54. The standard InChI is InChI=1S/C17H18N4O2S/c1-10(2)12-4-6-13(7-5-12)16(22)18-8-14-20-21-17(23-14)15-11(3)19-9-24-15/h4-7,9-10H,8H2,1-3H3,(H,18,22). The number of thiazole rings is 1. The van der Waals surface area contributed by atoms with Crippen molar-refractivity contribution in [3.05, 3.63) is 52.5 Å². The Morgan fingerprint density at radius 1 is 1.25 bits per heavy atom. The van der Waals surface area contributed by atoms with E-state index in [2.05, 4.69) is 34.3 Å². The van der Waals surface area contributed by atoms with Crippen molar-refractivity contribution >= 4 is 17.2 Å². The second kappa shape index (κ2) is 6.92. The van der Waals surface area contributed by atoms with Gasteiger partial charge in [0.25, 0.3) is 11.8 Å². The number of aromatic nitrogens is 3. The van der Waals surface area contributed by atoms with Crippen molar-refractivity contribution in [1.29, 1.82) is 0 Å². The number of hydrogen-bond acceptors (Lipinski definition) is 6. The van der Waals surface area contributed by atoms with Gasteiger partial charge in [-0.2, -0.15) is 0 Å². The Labute approximate surface area is 144 Å². The van der Waals surface area contributed by atoms with Crippen molar-refractivity contribution in [2.45, 2.75) is 33.2 Å². The SMILES string of the molecule is Cc1ncsc1-c1nnc(CNC(=O)c2ccc(C(C)C)cc2)o1. The Balaban J connectivity index is 1.62. The van der Waals surface area contributed by atoms with Gasteiger partial charge in [0.2, 0.25) is 5.89 Å². The Kier molecular flexibility index (Phi) is 4.71. The lowest BCUT2D eigenvalue weighted by Gasteiger charge is -2.06. The minimum atomic E-state index is -0.168. The number of hydrogen-bond donors (Lipinski definition) is 1. The third-order valence-electron chi connectivity index (χ3n) is 3.65. The van der Waals surface area contributed by atoms with Crippen LogP contribution in [0.4, 0.5) is 0 Å². The van der Waals surface area contributed by atoms with Gasteiger partial charge in [0.1, 0.15) is 4.88 Å². The van der Waals surface area contributed by atoms with Crippen LogP contribution in [0.5, 0.6) is 0 Å². The van der Waals surface area contributed by atoms with E-state index in [1.807, 2.05) is 31.2 Å². The molecule has 2 aromatic heterocycles. The number of carbonyl (C=O) groups is 1. The average Bonchev–Trinajstić information content (AvgIpc) is 3.21. The summed E-state index contributed by atoms with van der Waals surface area (Å²) in [5, 5.41) is 10.8. The van der Waals surface area contributed by atoms with Crippen molar-refractivity contribution in [2.24, 2.45) is 0 Å². The fourth-order valence-electron chi connectivity index (χ4n) is 2.20. The maximum atomic E-state index is 12.2. The molecule has 0 aliphatic heterocycles. The average molecular weight is 342 g/mol. The molecule has 6 nitrogen and oxygen atoms in total. The van der Waals surface area contributed by atoms with Gasteiger partial charge in [0.15, 0.2) is 0 Å². The minimum Gasteiger partial charge on any atom is -0.418 e. The highest BCUT2D eigenvalue weighted by molar-refractivity contribution is 7.13. The Morgan fingerprint density at radius 3 is 2.62 bits per heavy atom. The molecule has 1 N–H and O–H groups in total. The van der Waals surface area contributed by atoms with Gasteiger partial charge < -0.3 is 9.73 Å². The zero-order chi connectivity index (χ0) is 17.1. The van der Waals surface area contributed by atoms with E-state index in [9.17, 15) is 4.79 Å². The van der Waals surface area contributed by atoms with E-state index in [0.717, 1.165) is 10.6 Å². The summed E-state index contributed by atoms with van der Waals surface area (Å²) >= 11 is 1.45. The molecule has 7 heteroatoms. The number of amides is 1. The largest absolute Gasteiger partial charge is 0.418 e. The first-order valence-electron chi connectivity index (χ1n) is 7.65. The molecule has 0 radical (unpaired) electrons. The number of benzene rings is 1. The quantitative estimate of drug-likeness (QED) is 0.767. The summed E-state index contributed by atoms with van der Waals surface area (Å²) in [4.78, 5) is 17.2. The van der Waals surface area contributed by atoms with Crippen molar-refractivity contribution in [3.63, 3.8) is 0 Å². The van der Waals surface area contributed by atoms with Gasteiger partial charge in [-0.3, -0.25) is 4.79 Å². The molecule has 0 aliphatic carbocycles. The molecule has 2 heterocycles. The molecule has 0 aliphatic rings. The van der Waals surface area contributed by atoms with E-state index in [0.29, 0.717) is 23.3 Å². The van der Waals surface area contributed by atoms with E-state index < -0.39 is 0 Å². The number of carbonyl (C=O) groups excluding carboxylic acids is 1. The third kappa shape index (κ3) is 3.51. The zero-order valence-electron chi connectivity index (χ0n) is 13.7. The smallest absolute Gasteiger partial charge is 0.259 e. The second-order valence-corrected chi connectivity index (χ2v) is 6.58. The van der Waals surface area contributed by atoms with Gasteiger partial charge in [-0.05, 0) is 30.5 Å². The molecule has 3 aromatic rings. The zero-order valence-corrected chi connectivity index (χ0v) is 14.6. The van der Waals surface area contributed by atoms with Crippen LogP contribution in [0.1, 0.15) is 47.3 Å². The van der Waals surface area contributed by atoms with Gasteiger partial charge >= 0.3 is 0 Å². The van der Waals surface area contributed by atoms with Crippen LogP contribution in [0.25, 0.3) is 10.8 Å². The van der Waals surface area contributed by atoms with Gasteiger partial charge in [0, 0.05) is 5.56 Å². The predicted octanol–water partition coefficient (Wildman–Crippen LogP) is 3.55. The van der Waals surface area contributed by atoms with Crippen LogP contribution in [0.3, 0.4) is 0 Å². The molecular formula is C17H18N4O2S. The maximum absolute atomic E-state index is 12.2. The molecule has 0 spiro atoms. The topological polar surface area (TPSA) is 80.9 Å². The molecule has 1 aromatic carbocycles. The summed E-state index contributed by atoms with van der Waals surface area (Å²) in [6, 6.07) is 7.59. The lowest BCUT2D eigenvalue weighted by atomic mass is 10.0. The predicted molar refractivity (Wildman–Crippen MR) is 91.8 cm³/mol. The second-order valence-electron chi connectivity index (χ2n) is 5.73. The van der Waals surface area contributed by atoms with Gasteiger partial charge in [-0.25, -0.2) is 4.98 Å². The molecule has 0 saturated carbocycles. The van der Waals surface area contributed by atoms with Crippen molar-refractivity contribution in [3.8, 4) is 10.8 Å². The monoisotopic (exact) mass is 342 g/mol. The maximum Gasteiger partial charge on any atom is 0.259 e. The lowest BCUT2D eigenvalue weighted by molar-refractivity contribution is 0.0947. The highest BCUT2D eigenvalue weighted by Gasteiger charge is 2.14. The summed E-state index contributed by atoms with van der Waals surface area (Å²) in [5.41, 5.74) is 4.40. The van der Waals surface area contributed by atoms with Crippen LogP contribution in [0, 0.1) is 6.92 Å². The molecule has 0 unspecified atom stereocenters. The summed E-state index contributed by atoms with van der Waals surface area (Å²) in [5.74, 6) is 1.07. The Bertz CT molecular complexity index is 836. The van der Waals surface area contributed by atoms with E-state index in [-0.39, 0.29) is 12.5 Å². The van der Waals surface area contributed by atoms with Gasteiger partial charge in [-0.15, -0.1) is 21.5 Å². The third-order valence-corrected chi connectivity index (χ3v) is 4.56. The highest BCUT2D eigenvalue weighted by atomic mass is 32.1. The van der Waals surface area contributed by atoms with Crippen LogP contribution < -0.4 is 5.32 Å². The molecule has 24 heavy (non-hydrogen) atoms. The molecule has 3 rings (SSSR count). The number of nitrogens with one attached hydrogen (secondary N) is 1. The first-order valence-corrected chi connectivity index (χ1v) is 8.53. The van der Waals surface area contributed by atoms with Crippen molar-refractivity contribution in [1.82, 2.24) is 20.5 Å². The molecule has 1 amide bonds. The highest BCUT2D eigenvalue weighted by Crippen LogP contribution is 2.25. The van der Waals surface area contributed by atoms with Crippen LogP contribution in [0.2, 0.25) is 0 Å². The van der Waals surface area contributed by atoms with Crippen LogP contribution in [-0.2, 0) is 6.54 Å². The van der Waals surface area contributed by atoms with E-state index in [1.165, 1.54) is 16.9 Å². The minimum absolute atomic E-state index is 0.168. The van der Waals surface area contributed by atoms with Crippen LogP contribution >= 0.6 is 11.3 Å². The summed E-state index contributed by atoms with van der Waals surface area (Å²) in [6.45, 7) is 6.31. The summed E-state index contributed by atoms with van der Waals surface area (Å²) in [6.07, 6.45) is 0. The molecule has 0 fully saturated rings. The van der Waals surface area contributed by atoms with E-state index >= 15 is 0 Å². The van der Waals surface area contributed by atoms with E-state index in [1.54, 1.807) is 5.51 Å². The van der Waals surface area contributed by atoms with Gasteiger partial charge in [-0.1, -0.05) is 26.0 Å². The normalized spacial score (nSPS) is 11.0. The van der Waals surface area contributed by atoms with E-state index in [4.69, 9.17) is 4.42 Å². The van der Waals surface area contributed by atoms with Crippen molar-refractivity contribution < 1.29 is 9.21 Å². The molecular weight excluding hydrogens is 324 g/mol. The molecule has 0 atom stereocenters. The molecule has 0 saturated heterocycles. The number of rotatable bonds is 5. The fraction of sp³-hybridized carbons (Fsp3) is 0.294. The summed E-state index contributed by atoms with van der Waals surface area (Å²) in [7, 11) is 0. The number of aryl methyl sites for hydroxylation is 1. The van der Waals surface area contributed by atoms with Crippen molar-refractivity contribution in [2.75, 3.05) is 0 Å². The van der Waals surface area contributed by atoms with Crippen LogP contribution in [0.15, 0.2) is 34.2 Å². The Morgan fingerprint density at radius 2 is 2.00 bits per heavy atom.